The SMILES string of the molecule is Oc1c(O)c(O)c(-c2ccc3c(-c4cccc5ccccc45)c4ccccc4c(-c4ccccc4)c3c2)c(O)c1O. The summed E-state index contributed by atoms with van der Waals surface area (Å²) in [5.74, 6) is -4.26. The van der Waals surface area contributed by atoms with Crippen molar-refractivity contribution in [2.45, 2.75) is 0 Å². The molecular weight excluding hydrogens is 512 g/mol. The standard InChI is InChI=1S/C36H24O5/c37-32-30(33(38)35(40)36(41)34(32)39)22-17-18-27-28(19-22)29(21-10-2-1-3-11-21)25-14-6-7-15-26(25)31(27)24-16-8-12-20-9-4-5-13-23(20)24/h1-19,37-41H. The van der Waals surface area contributed by atoms with Crippen molar-refractivity contribution in [3.05, 3.63) is 115 Å². The normalized spacial score (nSPS) is 11.4. The zero-order chi connectivity index (χ0) is 28.2. The molecule has 41 heavy (non-hydrogen) atoms. The summed E-state index contributed by atoms with van der Waals surface area (Å²) in [6.07, 6.45) is 0. The van der Waals surface area contributed by atoms with Gasteiger partial charge in [-0.25, -0.2) is 0 Å². The Labute approximate surface area is 235 Å². The van der Waals surface area contributed by atoms with Crippen LogP contribution in [0.3, 0.4) is 0 Å². The molecule has 7 aromatic rings. The molecule has 0 aliphatic rings. The van der Waals surface area contributed by atoms with Gasteiger partial charge in [-0.1, -0.05) is 109 Å². The van der Waals surface area contributed by atoms with E-state index in [0.29, 0.717) is 5.56 Å². The lowest BCUT2D eigenvalue weighted by Gasteiger charge is -2.20. The maximum atomic E-state index is 10.7. The van der Waals surface area contributed by atoms with Crippen LogP contribution < -0.4 is 0 Å². The van der Waals surface area contributed by atoms with Crippen molar-refractivity contribution in [1.82, 2.24) is 0 Å². The molecule has 0 bridgehead atoms. The van der Waals surface area contributed by atoms with Crippen LogP contribution >= 0.6 is 0 Å². The molecule has 0 fully saturated rings. The van der Waals surface area contributed by atoms with E-state index in [1.165, 1.54) is 0 Å². The lowest BCUT2D eigenvalue weighted by molar-refractivity contribution is 0.330. The Morgan fingerprint density at radius 2 is 0.854 bits per heavy atom. The summed E-state index contributed by atoms with van der Waals surface area (Å²) >= 11 is 0. The molecule has 0 saturated carbocycles. The van der Waals surface area contributed by atoms with Crippen LogP contribution in [0.5, 0.6) is 28.7 Å². The molecule has 5 heteroatoms. The highest BCUT2D eigenvalue weighted by Gasteiger charge is 2.25. The van der Waals surface area contributed by atoms with E-state index in [4.69, 9.17) is 0 Å². The fraction of sp³-hybridized carbons (Fsp3) is 0. The van der Waals surface area contributed by atoms with Crippen LogP contribution in [0.1, 0.15) is 0 Å². The highest BCUT2D eigenvalue weighted by molar-refractivity contribution is 6.24. The summed E-state index contributed by atoms with van der Waals surface area (Å²) in [4.78, 5) is 0. The molecule has 0 aliphatic carbocycles. The second-order valence-corrected chi connectivity index (χ2v) is 10.1. The fourth-order valence-electron chi connectivity index (χ4n) is 5.94. The van der Waals surface area contributed by atoms with Gasteiger partial charge in [-0.3, -0.25) is 0 Å². The van der Waals surface area contributed by atoms with Crippen LogP contribution in [0.25, 0.3) is 65.7 Å². The Morgan fingerprint density at radius 3 is 1.56 bits per heavy atom. The van der Waals surface area contributed by atoms with Gasteiger partial charge in [0.1, 0.15) is 0 Å². The van der Waals surface area contributed by atoms with E-state index in [9.17, 15) is 25.5 Å². The summed E-state index contributed by atoms with van der Waals surface area (Å²) in [6.45, 7) is 0. The molecule has 0 saturated heterocycles. The van der Waals surface area contributed by atoms with Crippen LogP contribution in [0.4, 0.5) is 0 Å². The quantitative estimate of drug-likeness (QED) is 0.0884. The molecule has 7 aromatic carbocycles. The topological polar surface area (TPSA) is 101 Å². The predicted molar refractivity (Wildman–Crippen MR) is 164 cm³/mol. The summed E-state index contributed by atoms with van der Waals surface area (Å²) < 4.78 is 0. The first-order valence-corrected chi connectivity index (χ1v) is 13.2. The van der Waals surface area contributed by atoms with Crippen molar-refractivity contribution in [2.75, 3.05) is 0 Å². The molecule has 0 amide bonds. The van der Waals surface area contributed by atoms with Gasteiger partial charge < -0.3 is 25.5 Å². The summed E-state index contributed by atoms with van der Waals surface area (Å²) in [6, 6.07) is 38.3. The van der Waals surface area contributed by atoms with Crippen molar-refractivity contribution in [2.24, 2.45) is 0 Å². The van der Waals surface area contributed by atoms with Gasteiger partial charge in [-0.05, 0) is 66.2 Å². The lowest BCUT2D eigenvalue weighted by Crippen LogP contribution is -1.93. The number of hydrogen-bond donors (Lipinski definition) is 5. The third-order valence-electron chi connectivity index (χ3n) is 7.80. The van der Waals surface area contributed by atoms with Gasteiger partial charge in [0.05, 0.1) is 5.56 Å². The smallest absolute Gasteiger partial charge is 0.208 e. The predicted octanol–water partition coefficient (Wildman–Crippen LogP) is 8.68. The third kappa shape index (κ3) is 3.63. The van der Waals surface area contributed by atoms with Gasteiger partial charge in [0.15, 0.2) is 11.5 Å². The molecule has 0 aromatic heterocycles. The summed E-state index contributed by atoms with van der Waals surface area (Å²) in [5.41, 5.74) is 4.24. The van der Waals surface area contributed by atoms with Gasteiger partial charge in [0.2, 0.25) is 17.2 Å². The van der Waals surface area contributed by atoms with Crippen molar-refractivity contribution in [1.29, 1.82) is 0 Å². The van der Waals surface area contributed by atoms with Crippen molar-refractivity contribution < 1.29 is 25.5 Å². The maximum absolute atomic E-state index is 10.7. The van der Waals surface area contributed by atoms with Gasteiger partial charge in [0.25, 0.3) is 0 Å². The minimum Gasteiger partial charge on any atom is -0.504 e. The molecule has 0 heterocycles. The average molecular weight is 537 g/mol. The van der Waals surface area contributed by atoms with Gasteiger partial charge in [-0.2, -0.15) is 0 Å². The minimum absolute atomic E-state index is 0.182. The minimum atomic E-state index is -0.987. The zero-order valence-electron chi connectivity index (χ0n) is 21.7. The van der Waals surface area contributed by atoms with E-state index in [0.717, 1.165) is 54.6 Å². The Kier molecular flexibility index (Phi) is 5.47. The van der Waals surface area contributed by atoms with Crippen LogP contribution in [-0.2, 0) is 0 Å². The van der Waals surface area contributed by atoms with Gasteiger partial charge in [-0.15, -0.1) is 0 Å². The molecule has 5 N–H and O–H groups in total. The van der Waals surface area contributed by atoms with Gasteiger partial charge >= 0.3 is 0 Å². The number of hydrogen-bond acceptors (Lipinski definition) is 5. The Morgan fingerprint density at radius 1 is 0.317 bits per heavy atom. The first-order valence-electron chi connectivity index (χ1n) is 13.2. The van der Waals surface area contributed by atoms with E-state index >= 15 is 0 Å². The fourth-order valence-corrected chi connectivity index (χ4v) is 5.94. The third-order valence-corrected chi connectivity index (χ3v) is 7.80. The number of phenols is 5. The van der Waals surface area contributed by atoms with Crippen LogP contribution in [-0.4, -0.2) is 25.5 Å². The second kappa shape index (κ2) is 9.21. The largest absolute Gasteiger partial charge is 0.504 e. The Bertz CT molecular complexity index is 2110. The Balaban J connectivity index is 1.67. The number of aromatic hydroxyl groups is 5. The molecular formula is C36H24O5. The number of phenolic OH excluding ortho intramolecular Hbond substituents is 5. The summed E-state index contributed by atoms with van der Waals surface area (Å²) in [7, 11) is 0. The van der Waals surface area contributed by atoms with Crippen molar-refractivity contribution in [3.63, 3.8) is 0 Å². The Hall–Kier alpha value is -5.68. The van der Waals surface area contributed by atoms with Crippen LogP contribution in [0, 0.1) is 0 Å². The lowest BCUT2D eigenvalue weighted by atomic mass is 9.83. The molecule has 7 rings (SSSR count). The van der Waals surface area contributed by atoms with E-state index in [1.54, 1.807) is 6.07 Å². The van der Waals surface area contributed by atoms with Crippen molar-refractivity contribution in [3.8, 4) is 62.1 Å². The number of benzene rings is 7. The molecule has 198 valence electrons. The molecule has 0 radical (unpaired) electrons. The molecule has 5 nitrogen and oxygen atoms in total. The van der Waals surface area contributed by atoms with Gasteiger partial charge in [0, 0.05) is 0 Å². The van der Waals surface area contributed by atoms with Crippen molar-refractivity contribution >= 4 is 32.3 Å². The van der Waals surface area contributed by atoms with Crippen LogP contribution in [0.15, 0.2) is 115 Å². The zero-order valence-corrected chi connectivity index (χ0v) is 21.7. The molecule has 0 aliphatic heterocycles. The maximum Gasteiger partial charge on any atom is 0.208 e. The first kappa shape index (κ1) is 24.4. The van der Waals surface area contributed by atoms with Crippen LogP contribution in [0.2, 0.25) is 0 Å². The number of rotatable bonds is 3. The average Bonchev–Trinajstić information content (AvgIpc) is 3.02. The second-order valence-electron chi connectivity index (χ2n) is 10.1. The molecule has 0 atom stereocenters. The van der Waals surface area contributed by atoms with E-state index < -0.39 is 28.7 Å². The molecule has 0 spiro atoms. The summed E-state index contributed by atoms with van der Waals surface area (Å²) in [5, 5.41) is 58.1. The number of fused-ring (bicyclic) bond motifs is 3. The highest BCUT2D eigenvalue weighted by atomic mass is 16.4. The highest BCUT2D eigenvalue weighted by Crippen LogP contribution is 2.55. The van der Waals surface area contributed by atoms with E-state index in [-0.39, 0.29) is 5.56 Å². The molecule has 0 unspecified atom stereocenters. The monoisotopic (exact) mass is 536 g/mol. The van der Waals surface area contributed by atoms with E-state index in [2.05, 4.69) is 42.5 Å². The van der Waals surface area contributed by atoms with E-state index in [1.807, 2.05) is 66.7 Å². The first-order chi connectivity index (χ1) is 20.0.